The van der Waals surface area contributed by atoms with Crippen molar-refractivity contribution < 1.29 is 14.6 Å². The minimum atomic E-state index is -0.721. The Morgan fingerprint density at radius 2 is 1.95 bits per heavy atom. The number of morpholine rings is 1. The second kappa shape index (κ2) is 7.41. The summed E-state index contributed by atoms with van der Waals surface area (Å²) in [6.45, 7) is 5.25. The van der Waals surface area contributed by atoms with E-state index in [1.165, 1.54) is 5.56 Å². The van der Waals surface area contributed by atoms with Gasteiger partial charge in [-0.15, -0.1) is 0 Å². The number of hydrogen-bond acceptors (Lipinski definition) is 3. The van der Waals surface area contributed by atoms with Gasteiger partial charge in [0.05, 0.1) is 19.6 Å². The third kappa shape index (κ3) is 4.32. The van der Waals surface area contributed by atoms with Crippen molar-refractivity contribution >= 4 is 5.97 Å². The number of carbonyl (C=O) groups is 1. The van der Waals surface area contributed by atoms with Crippen LogP contribution in [0, 0.1) is 0 Å². The topological polar surface area (TPSA) is 49.8 Å². The van der Waals surface area contributed by atoms with Gasteiger partial charge in [0.15, 0.2) is 0 Å². The van der Waals surface area contributed by atoms with Crippen molar-refractivity contribution in [2.45, 2.75) is 31.7 Å². The van der Waals surface area contributed by atoms with Gasteiger partial charge in [-0.2, -0.15) is 0 Å². The van der Waals surface area contributed by atoms with E-state index in [-0.39, 0.29) is 12.5 Å². The minimum Gasteiger partial charge on any atom is -0.481 e. The molecule has 1 heterocycles. The van der Waals surface area contributed by atoms with E-state index >= 15 is 0 Å². The van der Waals surface area contributed by atoms with Gasteiger partial charge in [0.1, 0.15) is 0 Å². The Hall–Kier alpha value is -1.39. The highest BCUT2D eigenvalue weighted by Gasteiger charge is 2.25. The van der Waals surface area contributed by atoms with Crippen LogP contribution in [-0.4, -0.2) is 48.3 Å². The van der Waals surface area contributed by atoms with Crippen LogP contribution in [0.5, 0.6) is 0 Å². The molecule has 1 aliphatic rings. The van der Waals surface area contributed by atoms with E-state index in [0.717, 1.165) is 19.5 Å². The van der Waals surface area contributed by atoms with Crippen LogP contribution >= 0.6 is 0 Å². The maximum absolute atomic E-state index is 11.1. The monoisotopic (exact) mass is 277 g/mol. The van der Waals surface area contributed by atoms with E-state index in [4.69, 9.17) is 9.84 Å². The maximum Gasteiger partial charge on any atom is 0.304 e. The van der Waals surface area contributed by atoms with Crippen LogP contribution in [0.25, 0.3) is 0 Å². The van der Waals surface area contributed by atoms with Crippen LogP contribution in [0.15, 0.2) is 30.3 Å². The first-order chi connectivity index (χ1) is 9.66. The van der Waals surface area contributed by atoms with Crippen LogP contribution in [0.4, 0.5) is 0 Å². The lowest BCUT2D eigenvalue weighted by atomic mass is 9.91. The third-order valence-corrected chi connectivity index (χ3v) is 3.97. The Balaban J connectivity index is 2.01. The van der Waals surface area contributed by atoms with Crippen molar-refractivity contribution in [2.75, 3.05) is 26.3 Å². The van der Waals surface area contributed by atoms with E-state index in [1.54, 1.807) is 0 Å². The molecular formula is C16H23NO3. The van der Waals surface area contributed by atoms with Crippen LogP contribution in [0.1, 0.15) is 31.2 Å². The van der Waals surface area contributed by atoms with Gasteiger partial charge in [0.2, 0.25) is 0 Å². The van der Waals surface area contributed by atoms with Crippen LogP contribution in [0.3, 0.4) is 0 Å². The molecule has 20 heavy (non-hydrogen) atoms. The predicted octanol–water partition coefficient (Wildman–Crippen LogP) is 2.36. The van der Waals surface area contributed by atoms with Crippen molar-refractivity contribution in [3.63, 3.8) is 0 Å². The van der Waals surface area contributed by atoms with Gasteiger partial charge >= 0.3 is 5.97 Å². The summed E-state index contributed by atoms with van der Waals surface area (Å²) in [7, 11) is 0. The zero-order valence-electron chi connectivity index (χ0n) is 12.0. The lowest BCUT2D eigenvalue weighted by molar-refractivity contribution is -0.139. The molecule has 1 saturated heterocycles. The largest absolute Gasteiger partial charge is 0.481 e. The molecule has 1 fully saturated rings. The Morgan fingerprint density at radius 3 is 2.55 bits per heavy atom. The fourth-order valence-corrected chi connectivity index (χ4v) is 2.83. The SMILES string of the molecule is CC(CC(CC(=O)O)N1CCOCC1)c1ccccc1. The highest BCUT2D eigenvalue weighted by atomic mass is 16.5. The van der Waals surface area contributed by atoms with Gasteiger partial charge in [0, 0.05) is 19.1 Å². The number of benzene rings is 1. The number of ether oxygens (including phenoxy) is 1. The Kier molecular flexibility index (Phi) is 5.56. The number of rotatable bonds is 6. The van der Waals surface area contributed by atoms with Crippen molar-refractivity contribution in [1.82, 2.24) is 4.90 Å². The molecule has 0 radical (unpaired) electrons. The molecule has 0 saturated carbocycles. The summed E-state index contributed by atoms with van der Waals surface area (Å²) in [6.07, 6.45) is 1.08. The molecule has 0 spiro atoms. The maximum atomic E-state index is 11.1. The summed E-state index contributed by atoms with van der Waals surface area (Å²) in [5, 5.41) is 9.14. The molecular weight excluding hydrogens is 254 g/mol. The number of carboxylic acid groups (broad SMARTS) is 1. The van der Waals surface area contributed by atoms with Crippen LogP contribution in [-0.2, 0) is 9.53 Å². The summed E-state index contributed by atoms with van der Waals surface area (Å²) in [4.78, 5) is 13.4. The van der Waals surface area contributed by atoms with Gasteiger partial charge in [-0.05, 0) is 17.9 Å². The molecule has 0 aliphatic carbocycles. The summed E-state index contributed by atoms with van der Waals surface area (Å²) in [5.41, 5.74) is 1.27. The lowest BCUT2D eigenvalue weighted by Gasteiger charge is -2.35. The lowest BCUT2D eigenvalue weighted by Crippen LogP contribution is -2.45. The van der Waals surface area contributed by atoms with Crippen molar-refractivity contribution in [3.8, 4) is 0 Å². The number of aliphatic carboxylic acids is 1. The number of hydrogen-bond donors (Lipinski definition) is 1. The van der Waals surface area contributed by atoms with E-state index in [2.05, 4.69) is 24.0 Å². The van der Waals surface area contributed by atoms with E-state index in [0.29, 0.717) is 19.1 Å². The third-order valence-electron chi connectivity index (χ3n) is 3.97. The van der Waals surface area contributed by atoms with Crippen molar-refractivity contribution in [2.24, 2.45) is 0 Å². The summed E-state index contributed by atoms with van der Waals surface area (Å²) >= 11 is 0. The molecule has 1 aromatic rings. The fourth-order valence-electron chi connectivity index (χ4n) is 2.83. The molecule has 4 heteroatoms. The molecule has 2 atom stereocenters. The van der Waals surface area contributed by atoms with E-state index in [1.807, 2.05) is 18.2 Å². The molecule has 1 aromatic carbocycles. The molecule has 2 unspecified atom stereocenters. The first kappa shape index (κ1) is 15.0. The summed E-state index contributed by atoms with van der Waals surface area (Å²) in [5.74, 6) is -0.356. The second-order valence-electron chi connectivity index (χ2n) is 5.45. The first-order valence-electron chi connectivity index (χ1n) is 7.25. The van der Waals surface area contributed by atoms with Gasteiger partial charge in [-0.1, -0.05) is 37.3 Å². The molecule has 0 bridgehead atoms. The molecule has 0 aromatic heterocycles. The quantitative estimate of drug-likeness (QED) is 0.867. The minimum absolute atomic E-state index is 0.0895. The molecule has 1 aliphatic heterocycles. The summed E-state index contributed by atoms with van der Waals surface area (Å²) in [6, 6.07) is 10.4. The fraction of sp³-hybridized carbons (Fsp3) is 0.562. The molecule has 110 valence electrons. The van der Waals surface area contributed by atoms with Crippen LogP contribution < -0.4 is 0 Å². The average molecular weight is 277 g/mol. The Labute approximate surface area is 120 Å². The predicted molar refractivity (Wildman–Crippen MR) is 77.9 cm³/mol. The van der Waals surface area contributed by atoms with Crippen molar-refractivity contribution in [3.05, 3.63) is 35.9 Å². The van der Waals surface area contributed by atoms with Gasteiger partial charge in [-0.25, -0.2) is 0 Å². The first-order valence-corrected chi connectivity index (χ1v) is 7.25. The normalized spacial score (nSPS) is 19.4. The van der Waals surface area contributed by atoms with E-state index < -0.39 is 5.97 Å². The molecule has 4 nitrogen and oxygen atoms in total. The summed E-state index contributed by atoms with van der Waals surface area (Å²) < 4.78 is 5.36. The van der Waals surface area contributed by atoms with Gasteiger partial charge < -0.3 is 9.84 Å². The Morgan fingerprint density at radius 1 is 1.30 bits per heavy atom. The van der Waals surface area contributed by atoms with Crippen LogP contribution in [0.2, 0.25) is 0 Å². The molecule has 0 amide bonds. The number of carboxylic acids is 1. The van der Waals surface area contributed by atoms with Gasteiger partial charge in [-0.3, -0.25) is 9.69 Å². The van der Waals surface area contributed by atoms with Crippen molar-refractivity contribution in [1.29, 1.82) is 0 Å². The zero-order valence-corrected chi connectivity index (χ0v) is 12.0. The highest BCUT2D eigenvalue weighted by molar-refractivity contribution is 5.67. The molecule has 2 rings (SSSR count). The number of nitrogens with zero attached hydrogens (tertiary/aromatic N) is 1. The standard InChI is InChI=1S/C16H23NO3/c1-13(14-5-3-2-4-6-14)11-15(12-16(18)19)17-7-9-20-10-8-17/h2-6,13,15H,7-12H2,1H3,(H,18,19). The highest BCUT2D eigenvalue weighted by Crippen LogP contribution is 2.24. The van der Waals surface area contributed by atoms with Gasteiger partial charge in [0.25, 0.3) is 0 Å². The smallest absolute Gasteiger partial charge is 0.304 e. The van der Waals surface area contributed by atoms with E-state index in [9.17, 15) is 4.79 Å². The average Bonchev–Trinajstić information content (AvgIpc) is 2.48. The Bertz CT molecular complexity index is 415. The zero-order chi connectivity index (χ0) is 14.4. The second-order valence-corrected chi connectivity index (χ2v) is 5.45. The molecule has 1 N–H and O–H groups in total.